The number of ether oxygens (including phenoxy) is 1. The number of aromatic nitrogens is 1. The van der Waals surface area contributed by atoms with Crippen molar-refractivity contribution in [1.82, 2.24) is 15.2 Å². The molecule has 2 aromatic rings. The van der Waals surface area contributed by atoms with Crippen molar-refractivity contribution in [2.45, 2.75) is 6.54 Å². The van der Waals surface area contributed by atoms with Crippen LogP contribution in [0.2, 0.25) is 5.02 Å². The second kappa shape index (κ2) is 8.38. The molecule has 1 saturated heterocycles. The van der Waals surface area contributed by atoms with Gasteiger partial charge in [0, 0.05) is 43.9 Å². The Morgan fingerprint density at radius 1 is 1.23 bits per heavy atom. The van der Waals surface area contributed by atoms with Crippen LogP contribution in [0.15, 0.2) is 36.5 Å². The SMILES string of the molecule is COc1ccc(Cl)cc1C(=O)NCc1ccnc(N2CCN(C)CC2)c1. The van der Waals surface area contributed by atoms with Crippen molar-refractivity contribution in [3.05, 3.63) is 52.7 Å². The van der Waals surface area contributed by atoms with E-state index in [1.807, 2.05) is 12.1 Å². The fraction of sp³-hybridized carbons (Fsp3) is 0.368. The van der Waals surface area contributed by atoms with Gasteiger partial charge in [-0.25, -0.2) is 4.98 Å². The summed E-state index contributed by atoms with van der Waals surface area (Å²) in [5.74, 6) is 1.23. The highest BCUT2D eigenvalue weighted by molar-refractivity contribution is 6.31. The maximum absolute atomic E-state index is 12.5. The minimum atomic E-state index is -0.220. The Morgan fingerprint density at radius 3 is 2.73 bits per heavy atom. The number of hydrogen-bond donors (Lipinski definition) is 1. The summed E-state index contributed by atoms with van der Waals surface area (Å²) in [4.78, 5) is 21.5. The number of hydrogen-bond acceptors (Lipinski definition) is 5. The lowest BCUT2D eigenvalue weighted by molar-refractivity contribution is 0.0948. The number of likely N-dealkylation sites (N-methyl/N-ethyl adjacent to an activating group) is 1. The molecule has 26 heavy (non-hydrogen) atoms. The summed E-state index contributed by atoms with van der Waals surface area (Å²) in [6, 6.07) is 8.94. The Kier molecular flexibility index (Phi) is 5.96. The molecule has 0 aliphatic carbocycles. The highest BCUT2D eigenvalue weighted by Crippen LogP contribution is 2.22. The Labute approximate surface area is 158 Å². The minimum Gasteiger partial charge on any atom is -0.496 e. The molecule has 6 nitrogen and oxygen atoms in total. The van der Waals surface area contributed by atoms with E-state index in [1.54, 1.807) is 24.4 Å². The smallest absolute Gasteiger partial charge is 0.255 e. The third-order valence-corrected chi connectivity index (χ3v) is 4.73. The standard InChI is InChI=1S/C19H23ClN4O2/c1-23-7-9-24(10-8-23)18-11-14(5-6-21-18)13-22-19(25)16-12-15(20)3-4-17(16)26-2/h3-6,11-12H,7-10,13H2,1-2H3,(H,22,25). The fourth-order valence-electron chi connectivity index (χ4n) is 2.91. The van der Waals surface area contributed by atoms with E-state index in [0.29, 0.717) is 22.9 Å². The number of halogens is 1. The van der Waals surface area contributed by atoms with E-state index in [4.69, 9.17) is 16.3 Å². The number of piperazine rings is 1. The Bertz CT molecular complexity index is 776. The Balaban J connectivity index is 1.66. The Morgan fingerprint density at radius 2 is 2.00 bits per heavy atom. The fourth-order valence-corrected chi connectivity index (χ4v) is 3.09. The van der Waals surface area contributed by atoms with Gasteiger partial charge in [-0.3, -0.25) is 4.79 Å². The number of benzene rings is 1. The van der Waals surface area contributed by atoms with Crippen molar-refractivity contribution < 1.29 is 9.53 Å². The third kappa shape index (κ3) is 4.45. The van der Waals surface area contributed by atoms with Crippen LogP contribution in [0.1, 0.15) is 15.9 Å². The van der Waals surface area contributed by atoms with Crippen molar-refractivity contribution in [1.29, 1.82) is 0 Å². The maximum atomic E-state index is 12.5. The third-order valence-electron chi connectivity index (χ3n) is 4.50. The van der Waals surface area contributed by atoms with Crippen LogP contribution in [0, 0.1) is 0 Å². The molecule has 1 fully saturated rings. The summed E-state index contributed by atoms with van der Waals surface area (Å²) in [7, 11) is 3.66. The second-order valence-electron chi connectivity index (χ2n) is 6.34. The molecule has 0 saturated carbocycles. The molecule has 0 radical (unpaired) electrons. The number of rotatable bonds is 5. The van der Waals surface area contributed by atoms with Crippen LogP contribution < -0.4 is 15.0 Å². The van der Waals surface area contributed by atoms with Crippen molar-refractivity contribution in [3.63, 3.8) is 0 Å². The summed E-state index contributed by atoms with van der Waals surface area (Å²) in [5, 5.41) is 3.42. The van der Waals surface area contributed by atoms with Gasteiger partial charge in [-0.15, -0.1) is 0 Å². The summed E-state index contributed by atoms with van der Waals surface area (Å²) < 4.78 is 5.24. The second-order valence-corrected chi connectivity index (χ2v) is 6.78. The van der Waals surface area contributed by atoms with Crippen LogP contribution in [-0.2, 0) is 6.54 Å². The number of nitrogens with one attached hydrogen (secondary N) is 1. The van der Waals surface area contributed by atoms with E-state index >= 15 is 0 Å². The molecule has 1 aliphatic rings. The lowest BCUT2D eigenvalue weighted by Crippen LogP contribution is -2.44. The normalized spacial score (nSPS) is 15.0. The lowest BCUT2D eigenvalue weighted by atomic mass is 10.1. The predicted molar refractivity (Wildman–Crippen MR) is 103 cm³/mol. The quantitative estimate of drug-likeness (QED) is 0.871. The highest BCUT2D eigenvalue weighted by Gasteiger charge is 2.16. The first-order valence-corrected chi connectivity index (χ1v) is 8.95. The zero-order valence-electron chi connectivity index (χ0n) is 15.0. The number of anilines is 1. The van der Waals surface area contributed by atoms with E-state index in [2.05, 4.69) is 27.1 Å². The minimum absolute atomic E-state index is 0.220. The number of carbonyl (C=O) groups excluding carboxylic acids is 1. The first kappa shape index (κ1) is 18.5. The van der Waals surface area contributed by atoms with Crippen LogP contribution in [0.25, 0.3) is 0 Å². The molecule has 1 aromatic heterocycles. The summed E-state index contributed by atoms with van der Waals surface area (Å²) >= 11 is 6.00. The monoisotopic (exact) mass is 374 g/mol. The van der Waals surface area contributed by atoms with Crippen molar-refractivity contribution >= 4 is 23.3 Å². The molecule has 2 heterocycles. The molecule has 1 aromatic carbocycles. The van der Waals surface area contributed by atoms with Gasteiger partial charge >= 0.3 is 0 Å². The van der Waals surface area contributed by atoms with Crippen molar-refractivity contribution in [2.75, 3.05) is 45.2 Å². The molecule has 0 atom stereocenters. The maximum Gasteiger partial charge on any atom is 0.255 e. The first-order chi connectivity index (χ1) is 12.6. The van der Waals surface area contributed by atoms with Crippen LogP contribution in [0.4, 0.5) is 5.82 Å². The topological polar surface area (TPSA) is 57.7 Å². The van der Waals surface area contributed by atoms with Crippen LogP contribution in [-0.4, -0.2) is 56.1 Å². The van der Waals surface area contributed by atoms with Gasteiger partial charge in [0.2, 0.25) is 0 Å². The molecule has 3 rings (SSSR count). The molecular weight excluding hydrogens is 352 g/mol. The number of nitrogens with zero attached hydrogens (tertiary/aromatic N) is 3. The van der Waals surface area contributed by atoms with Gasteiger partial charge in [0.1, 0.15) is 11.6 Å². The molecule has 0 bridgehead atoms. The summed E-state index contributed by atoms with van der Waals surface area (Å²) in [5.41, 5.74) is 1.43. The molecule has 1 N–H and O–H groups in total. The summed E-state index contributed by atoms with van der Waals surface area (Å²) in [6.07, 6.45) is 1.79. The molecule has 1 aliphatic heterocycles. The first-order valence-electron chi connectivity index (χ1n) is 8.57. The average Bonchev–Trinajstić information content (AvgIpc) is 2.67. The lowest BCUT2D eigenvalue weighted by Gasteiger charge is -2.33. The van der Waals surface area contributed by atoms with Crippen LogP contribution >= 0.6 is 11.6 Å². The molecular formula is C19H23ClN4O2. The van der Waals surface area contributed by atoms with E-state index < -0.39 is 0 Å². The zero-order chi connectivity index (χ0) is 18.5. The van der Waals surface area contributed by atoms with E-state index in [9.17, 15) is 4.79 Å². The van der Waals surface area contributed by atoms with E-state index in [0.717, 1.165) is 37.6 Å². The van der Waals surface area contributed by atoms with E-state index in [1.165, 1.54) is 7.11 Å². The van der Waals surface area contributed by atoms with Crippen LogP contribution in [0.3, 0.4) is 0 Å². The number of carbonyl (C=O) groups is 1. The van der Waals surface area contributed by atoms with Crippen LogP contribution in [0.5, 0.6) is 5.75 Å². The number of methoxy groups -OCH3 is 1. The van der Waals surface area contributed by atoms with Gasteiger partial charge in [-0.05, 0) is 42.9 Å². The molecule has 1 amide bonds. The molecule has 7 heteroatoms. The molecule has 138 valence electrons. The van der Waals surface area contributed by atoms with Crippen molar-refractivity contribution in [2.24, 2.45) is 0 Å². The van der Waals surface area contributed by atoms with E-state index in [-0.39, 0.29) is 5.91 Å². The highest BCUT2D eigenvalue weighted by atomic mass is 35.5. The molecule has 0 unspecified atom stereocenters. The summed E-state index contributed by atoms with van der Waals surface area (Å²) in [6.45, 7) is 4.38. The van der Waals surface area contributed by atoms with Gasteiger partial charge < -0.3 is 19.9 Å². The molecule has 0 spiro atoms. The predicted octanol–water partition coefficient (Wildman–Crippen LogP) is 2.43. The Hall–Kier alpha value is -2.31. The average molecular weight is 375 g/mol. The zero-order valence-corrected chi connectivity index (χ0v) is 15.8. The van der Waals surface area contributed by atoms with Gasteiger partial charge in [0.25, 0.3) is 5.91 Å². The largest absolute Gasteiger partial charge is 0.496 e. The van der Waals surface area contributed by atoms with Gasteiger partial charge in [-0.2, -0.15) is 0 Å². The van der Waals surface area contributed by atoms with Gasteiger partial charge in [-0.1, -0.05) is 11.6 Å². The number of pyridine rings is 1. The van der Waals surface area contributed by atoms with Crippen molar-refractivity contribution in [3.8, 4) is 5.75 Å². The number of amides is 1. The van der Waals surface area contributed by atoms with Gasteiger partial charge in [0.05, 0.1) is 12.7 Å². The van der Waals surface area contributed by atoms with Gasteiger partial charge in [0.15, 0.2) is 0 Å².